The van der Waals surface area contributed by atoms with Gasteiger partial charge in [0.2, 0.25) is 5.91 Å². The lowest BCUT2D eigenvalue weighted by molar-refractivity contribution is -0.134. The molecular weight excluding hydrogens is 320 g/mol. The summed E-state index contributed by atoms with van der Waals surface area (Å²) in [5, 5.41) is 0. The van der Waals surface area contributed by atoms with Gasteiger partial charge in [-0.15, -0.1) is 0 Å². The molecule has 0 unspecified atom stereocenters. The molecule has 7 nitrogen and oxygen atoms in total. The van der Waals surface area contributed by atoms with Crippen molar-refractivity contribution in [1.82, 2.24) is 14.8 Å². The molecule has 1 aliphatic carbocycles. The van der Waals surface area contributed by atoms with Crippen molar-refractivity contribution in [1.29, 1.82) is 0 Å². The third kappa shape index (κ3) is 3.20. The molecule has 3 rings (SSSR count). The van der Waals surface area contributed by atoms with Gasteiger partial charge in [-0.25, -0.2) is 0 Å². The predicted octanol–water partition coefficient (Wildman–Crippen LogP) is 0.274. The summed E-state index contributed by atoms with van der Waals surface area (Å²) >= 11 is 0. The number of aromatic nitrogens is 1. The molecule has 1 aliphatic heterocycles. The van der Waals surface area contributed by atoms with Crippen molar-refractivity contribution in [2.24, 2.45) is 5.73 Å². The first-order valence-electron chi connectivity index (χ1n) is 9.06. The monoisotopic (exact) mass is 346 g/mol. The van der Waals surface area contributed by atoms with Gasteiger partial charge in [0.25, 0.3) is 11.5 Å². The Morgan fingerprint density at radius 2 is 2.04 bits per heavy atom. The standard InChI is InChI=1S/C18H26N4O3/c1-3-21(4-2)18(25)15-9-12(19)10-22(15)17(24)13-8-11-6-5-7-14(11)20-16(13)23/h8,12,15H,3-7,9-10,19H2,1-2H3,(H,20,23)/t12-,15-/m0/s1. The highest BCUT2D eigenvalue weighted by molar-refractivity contribution is 5.98. The Bertz CT molecular complexity index is 738. The van der Waals surface area contributed by atoms with Crippen LogP contribution < -0.4 is 11.3 Å². The van der Waals surface area contributed by atoms with E-state index in [2.05, 4.69) is 4.98 Å². The Morgan fingerprint density at radius 1 is 1.32 bits per heavy atom. The number of pyridine rings is 1. The van der Waals surface area contributed by atoms with Crippen LogP contribution in [0, 0.1) is 0 Å². The van der Waals surface area contributed by atoms with Crippen molar-refractivity contribution >= 4 is 11.8 Å². The fraction of sp³-hybridized carbons (Fsp3) is 0.611. The molecule has 2 aliphatic rings. The lowest BCUT2D eigenvalue weighted by atomic mass is 10.1. The van der Waals surface area contributed by atoms with Gasteiger partial charge in [0, 0.05) is 31.4 Å². The Morgan fingerprint density at radius 3 is 2.72 bits per heavy atom. The van der Waals surface area contributed by atoms with Crippen LogP contribution in [0.25, 0.3) is 0 Å². The van der Waals surface area contributed by atoms with E-state index in [-0.39, 0.29) is 23.1 Å². The van der Waals surface area contributed by atoms with E-state index in [1.54, 1.807) is 11.0 Å². The fourth-order valence-electron chi connectivity index (χ4n) is 3.90. The van der Waals surface area contributed by atoms with Crippen LogP contribution in [0.15, 0.2) is 10.9 Å². The zero-order valence-corrected chi connectivity index (χ0v) is 14.9. The quantitative estimate of drug-likeness (QED) is 0.817. The molecule has 7 heteroatoms. The van der Waals surface area contributed by atoms with E-state index in [9.17, 15) is 14.4 Å². The zero-order valence-electron chi connectivity index (χ0n) is 14.9. The fourth-order valence-corrected chi connectivity index (χ4v) is 3.90. The molecule has 0 spiro atoms. The number of likely N-dealkylation sites (N-methyl/N-ethyl adjacent to an activating group) is 1. The molecule has 0 radical (unpaired) electrons. The number of amides is 2. The Labute approximate surface area is 147 Å². The second kappa shape index (κ2) is 7.00. The Balaban J connectivity index is 1.90. The van der Waals surface area contributed by atoms with Crippen molar-refractivity contribution in [3.05, 3.63) is 33.2 Å². The summed E-state index contributed by atoms with van der Waals surface area (Å²) in [6, 6.07) is 0.865. The minimum Gasteiger partial charge on any atom is -0.341 e. The van der Waals surface area contributed by atoms with Crippen LogP contribution in [0.2, 0.25) is 0 Å². The van der Waals surface area contributed by atoms with Crippen LogP contribution in [-0.2, 0) is 17.6 Å². The van der Waals surface area contributed by atoms with E-state index in [1.165, 1.54) is 4.90 Å². The summed E-state index contributed by atoms with van der Waals surface area (Å²) in [5.74, 6) is -0.488. The van der Waals surface area contributed by atoms with E-state index in [0.717, 1.165) is 30.5 Å². The first kappa shape index (κ1) is 17.7. The van der Waals surface area contributed by atoms with Gasteiger partial charge in [-0.3, -0.25) is 14.4 Å². The van der Waals surface area contributed by atoms with Crippen LogP contribution in [0.4, 0.5) is 0 Å². The summed E-state index contributed by atoms with van der Waals surface area (Å²) in [6.07, 6.45) is 3.13. The van der Waals surface area contributed by atoms with Crippen molar-refractivity contribution in [2.45, 2.75) is 51.6 Å². The van der Waals surface area contributed by atoms with Gasteiger partial charge in [0.1, 0.15) is 11.6 Å². The maximum absolute atomic E-state index is 13.0. The highest BCUT2D eigenvalue weighted by Gasteiger charge is 2.40. The number of hydrogen-bond donors (Lipinski definition) is 2. The number of fused-ring (bicyclic) bond motifs is 1. The summed E-state index contributed by atoms with van der Waals surface area (Å²) in [5.41, 5.74) is 7.73. The molecule has 3 N–H and O–H groups in total. The number of aromatic amines is 1. The average Bonchev–Trinajstić information content (AvgIpc) is 3.20. The Kier molecular flexibility index (Phi) is 4.94. The lowest BCUT2D eigenvalue weighted by Gasteiger charge is -2.28. The van der Waals surface area contributed by atoms with Crippen molar-refractivity contribution in [2.75, 3.05) is 19.6 Å². The number of nitrogens with two attached hydrogens (primary N) is 1. The van der Waals surface area contributed by atoms with Crippen LogP contribution in [-0.4, -0.2) is 58.3 Å². The Hall–Kier alpha value is -2.15. The molecule has 25 heavy (non-hydrogen) atoms. The van der Waals surface area contributed by atoms with Gasteiger partial charge < -0.3 is 20.5 Å². The number of H-pyrrole nitrogens is 1. The maximum Gasteiger partial charge on any atom is 0.261 e. The van der Waals surface area contributed by atoms with Gasteiger partial charge in [-0.05, 0) is 51.2 Å². The van der Waals surface area contributed by atoms with Gasteiger partial charge in [-0.2, -0.15) is 0 Å². The number of carbonyl (C=O) groups excluding carboxylic acids is 2. The van der Waals surface area contributed by atoms with Crippen LogP contribution in [0.1, 0.15) is 48.3 Å². The van der Waals surface area contributed by atoms with Crippen molar-refractivity contribution in [3.63, 3.8) is 0 Å². The smallest absolute Gasteiger partial charge is 0.261 e. The zero-order chi connectivity index (χ0) is 18.1. The molecule has 2 atom stereocenters. The molecule has 1 aromatic heterocycles. The molecule has 1 fully saturated rings. The number of carbonyl (C=O) groups is 2. The molecular formula is C18H26N4O3. The molecule has 0 aromatic carbocycles. The summed E-state index contributed by atoms with van der Waals surface area (Å²) in [4.78, 5) is 44.1. The topological polar surface area (TPSA) is 99.5 Å². The predicted molar refractivity (Wildman–Crippen MR) is 94.4 cm³/mol. The second-order valence-corrected chi connectivity index (χ2v) is 6.85. The minimum atomic E-state index is -0.588. The van der Waals surface area contributed by atoms with Gasteiger partial charge in [-0.1, -0.05) is 0 Å². The highest BCUT2D eigenvalue weighted by Crippen LogP contribution is 2.23. The number of rotatable bonds is 4. The normalized spacial score (nSPS) is 22.1. The summed E-state index contributed by atoms with van der Waals surface area (Å²) in [6.45, 7) is 5.29. The molecule has 1 saturated heterocycles. The second-order valence-electron chi connectivity index (χ2n) is 6.85. The third-order valence-electron chi connectivity index (χ3n) is 5.27. The highest BCUT2D eigenvalue weighted by atomic mass is 16.2. The van der Waals surface area contributed by atoms with E-state index in [1.807, 2.05) is 13.8 Å². The van der Waals surface area contributed by atoms with Gasteiger partial charge in [0.15, 0.2) is 0 Å². The molecule has 2 amide bonds. The van der Waals surface area contributed by atoms with E-state index in [0.29, 0.717) is 26.1 Å². The minimum absolute atomic E-state index is 0.0936. The summed E-state index contributed by atoms with van der Waals surface area (Å²) < 4.78 is 0. The molecule has 136 valence electrons. The number of aryl methyl sites for hydroxylation is 2. The van der Waals surface area contributed by atoms with Crippen LogP contribution in [0.5, 0.6) is 0 Å². The lowest BCUT2D eigenvalue weighted by Crippen LogP contribution is -2.48. The molecule has 2 heterocycles. The first-order chi connectivity index (χ1) is 12.0. The van der Waals surface area contributed by atoms with Gasteiger partial charge >= 0.3 is 0 Å². The number of nitrogens with zero attached hydrogens (tertiary/aromatic N) is 2. The summed E-state index contributed by atoms with van der Waals surface area (Å²) in [7, 11) is 0. The molecule has 0 saturated carbocycles. The molecule has 1 aromatic rings. The van der Waals surface area contributed by atoms with Gasteiger partial charge in [0.05, 0.1) is 0 Å². The number of nitrogens with one attached hydrogen (secondary N) is 1. The van der Waals surface area contributed by atoms with Crippen molar-refractivity contribution in [3.8, 4) is 0 Å². The van der Waals surface area contributed by atoms with Crippen LogP contribution in [0.3, 0.4) is 0 Å². The van der Waals surface area contributed by atoms with Crippen LogP contribution >= 0.6 is 0 Å². The number of hydrogen-bond acceptors (Lipinski definition) is 4. The molecule has 0 bridgehead atoms. The van der Waals surface area contributed by atoms with Crippen molar-refractivity contribution < 1.29 is 9.59 Å². The first-order valence-corrected chi connectivity index (χ1v) is 9.06. The maximum atomic E-state index is 13.0. The third-order valence-corrected chi connectivity index (χ3v) is 5.27. The number of likely N-dealkylation sites (tertiary alicyclic amines) is 1. The van der Waals surface area contributed by atoms with E-state index >= 15 is 0 Å². The SMILES string of the molecule is CCN(CC)C(=O)[C@@H]1C[C@H](N)CN1C(=O)c1cc2c([nH]c1=O)CCC2. The van der Waals surface area contributed by atoms with E-state index in [4.69, 9.17) is 5.73 Å². The van der Waals surface area contributed by atoms with E-state index < -0.39 is 11.9 Å². The largest absolute Gasteiger partial charge is 0.341 e. The average molecular weight is 346 g/mol.